The van der Waals surface area contributed by atoms with Gasteiger partial charge in [-0.15, -0.1) is 0 Å². The van der Waals surface area contributed by atoms with Crippen molar-refractivity contribution in [1.29, 1.82) is 0 Å². The lowest BCUT2D eigenvalue weighted by molar-refractivity contribution is 0.262. The van der Waals surface area contributed by atoms with E-state index in [0.717, 1.165) is 28.1 Å². The van der Waals surface area contributed by atoms with E-state index in [1.54, 1.807) is 4.68 Å². The van der Waals surface area contributed by atoms with Crippen molar-refractivity contribution >= 4 is 17.5 Å². The lowest BCUT2D eigenvalue weighted by atomic mass is 10.2. The van der Waals surface area contributed by atoms with Crippen LogP contribution in [0.15, 0.2) is 84.9 Å². The van der Waals surface area contributed by atoms with Gasteiger partial charge in [-0.25, -0.2) is 9.48 Å². The summed E-state index contributed by atoms with van der Waals surface area (Å²) in [4.78, 5) is 12.6. The van der Waals surface area contributed by atoms with E-state index in [1.165, 1.54) is 0 Å². The SMILES string of the molecule is Cc1cccc(NC(=O)Nc2cc(-c3ccccc3)nn2-c2cccc(CO)c2)c1. The topological polar surface area (TPSA) is 79.2 Å². The third-order valence-electron chi connectivity index (χ3n) is 4.63. The van der Waals surface area contributed by atoms with E-state index in [-0.39, 0.29) is 12.6 Å². The number of urea groups is 1. The van der Waals surface area contributed by atoms with Crippen molar-refractivity contribution in [2.45, 2.75) is 13.5 Å². The number of amides is 2. The number of hydrogen-bond acceptors (Lipinski definition) is 3. The van der Waals surface area contributed by atoms with Gasteiger partial charge in [0.2, 0.25) is 0 Å². The number of carbonyl (C=O) groups excluding carboxylic acids is 1. The van der Waals surface area contributed by atoms with E-state index >= 15 is 0 Å². The summed E-state index contributed by atoms with van der Waals surface area (Å²) in [7, 11) is 0. The molecule has 6 nitrogen and oxygen atoms in total. The van der Waals surface area contributed by atoms with Crippen LogP contribution in [0.3, 0.4) is 0 Å². The molecular formula is C24H22N4O2. The molecular weight excluding hydrogens is 376 g/mol. The number of nitrogens with one attached hydrogen (secondary N) is 2. The predicted octanol–water partition coefficient (Wildman–Crippen LogP) is 4.98. The molecule has 0 radical (unpaired) electrons. The Balaban J connectivity index is 1.68. The van der Waals surface area contributed by atoms with E-state index in [2.05, 4.69) is 10.6 Å². The summed E-state index contributed by atoms with van der Waals surface area (Å²) in [5, 5.41) is 19.9. The van der Waals surface area contributed by atoms with E-state index in [1.807, 2.05) is 91.9 Å². The highest BCUT2D eigenvalue weighted by molar-refractivity contribution is 5.99. The Morgan fingerprint density at radius 3 is 2.50 bits per heavy atom. The average molecular weight is 398 g/mol. The third kappa shape index (κ3) is 4.39. The van der Waals surface area contributed by atoms with Crippen molar-refractivity contribution in [3.05, 3.63) is 96.1 Å². The Morgan fingerprint density at radius 1 is 0.933 bits per heavy atom. The molecule has 0 aliphatic rings. The van der Waals surface area contributed by atoms with Crippen LogP contribution in [0.2, 0.25) is 0 Å². The van der Waals surface area contributed by atoms with Gasteiger partial charge in [0.05, 0.1) is 18.0 Å². The minimum absolute atomic E-state index is 0.0722. The van der Waals surface area contributed by atoms with E-state index in [0.29, 0.717) is 11.5 Å². The Labute approximate surface area is 174 Å². The number of rotatable bonds is 5. The van der Waals surface area contributed by atoms with Gasteiger partial charge in [-0.3, -0.25) is 5.32 Å². The Kier molecular flexibility index (Phi) is 5.59. The quantitative estimate of drug-likeness (QED) is 0.443. The van der Waals surface area contributed by atoms with Crippen molar-refractivity contribution in [2.24, 2.45) is 0 Å². The molecule has 3 aromatic carbocycles. The summed E-state index contributed by atoms with van der Waals surface area (Å²) in [6.45, 7) is 1.90. The summed E-state index contributed by atoms with van der Waals surface area (Å²) in [6.07, 6.45) is 0. The zero-order chi connectivity index (χ0) is 20.9. The largest absolute Gasteiger partial charge is 0.392 e. The zero-order valence-electron chi connectivity index (χ0n) is 16.5. The minimum Gasteiger partial charge on any atom is -0.392 e. The monoisotopic (exact) mass is 398 g/mol. The first-order valence-corrected chi connectivity index (χ1v) is 9.63. The van der Waals surface area contributed by atoms with Crippen molar-refractivity contribution in [3.8, 4) is 16.9 Å². The van der Waals surface area contributed by atoms with Gasteiger partial charge >= 0.3 is 6.03 Å². The fraction of sp³-hybridized carbons (Fsp3) is 0.0833. The summed E-state index contributed by atoms with van der Waals surface area (Å²) < 4.78 is 1.66. The molecule has 6 heteroatoms. The van der Waals surface area contributed by atoms with Crippen molar-refractivity contribution in [3.63, 3.8) is 0 Å². The summed E-state index contributed by atoms with van der Waals surface area (Å²) in [5.74, 6) is 0.522. The molecule has 1 aromatic heterocycles. The molecule has 4 rings (SSSR count). The fourth-order valence-electron chi connectivity index (χ4n) is 3.20. The molecule has 4 aromatic rings. The number of hydrogen-bond donors (Lipinski definition) is 3. The van der Waals surface area contributed by atoms with Crippen LogP contribution >= 0.6 is 0 Å². The van der Waals surface area contributed by atoms with Gasteiger partial charge in [-0.2, -0.15) is 5.10 Å². The van der Waals surface area contributed by atoms with Crippen molar-refractivity contribution < 1.29 is 9.90 Å². The molecule has 0 spiro atoms. The second kappa shape index (κ2) is 8.63. The first-order chi connectivity index (χ1) is 14.6. The Hall–Kier alpha value is -3.90. The van der Waals surface area contributed by atoms with Crippen LogP contribution < -0.4 is 10.6 Å². The number of aliphatic hydroxyl groups is 1. The molecule has 150 valence electrons. The maximum absolute atomic E-state index is 12.6. The molecule has 0 bridgehead atoms. The molecule has 1 heterocycles. The normalized spacial score (nSPS) is 10.6. The zero-order valence-corrected chi connectivity index (χ0v) is 16.5. The lowest BCUT2D eigenvalue weighted by Gasteiger charge is -2.11. The molecule has 30 heavy (non-hydrogen) atoms. The number of benzene rings is 3. The van der Waals surface area contributed by atoms with Crippen LogP contribution in [0.25, 0.3) is 16.9 Å². The average Bonchev–Trinajstić information content (AvgIpc) is 3.18. The smallest absolute Gasteiger partial charge is 0.324 e. The highest BCUT2D eigenvalue weighted by atomic mass is 16.3. The molecule has 0 aliphatic heterocycles. The Bertz CT molecular complexity index is 1170. The number of anilines is 2. The van der Waals surface area contributed by atoms with E-state index in [9.17, 15) is 9.90 Å². The summed E-state index contributed by atoms with van der Waals surface area (Å²) in [5.41, 5.74) is 4.95. The fourth-order valence-corrected chi connectivity index (χ4v) is 3.20. The lowest BCUT2D eigenvalue weighted by Crippen LogP contribution is -2.21. The molecule has 2 amide bonds. The molecule has 3 N–H and O–H groups in total. The van der Waals surface area contributed by atoms with Crippen molar-refractivity contribution in [2.75, 3.05) is 10.6 Å². The minimum atomic E-state index is -0.361. The number of aliphatic hydroxyl groups excluding tert-OH is 1. The van der Waals surface area contributed by atoms with Crippen LogP contribution in [-0.4, -0.2) is 20.9 Å². The molecule has 0 unspecified atom stereocenters. The maximum atomic E-state index is 12.6. The number of aryl methyl sites for hydroxylation is 1. The van der Waals surface area contributed by atoms with Crippen molar-refractivity contribution in [1.82, 2.24) is 9.78 Å². The highest BCUT2D eigenvalue weighted by Gasteiger charge is 2.14. The highest BCUT2D eigenvalue weighted by Crippen LogP contribution is 2.25. The number of nitrogens with zero attached hydrogens (tertiary/aromatic N) is 2. The molecule has 0 fully saturated rings. The van der Waals surface area contributed by atoms with Crippen LogP contribution in [0, 0.1) is 6.92 Å². The first kappa shape index (κ1) is 19.4. The standard InChI is InChI=1S/C24H22N4O2/c1-17-7-5-11-20(13-17)25-24(30)26-23-15-22(19-9-3-2-4-10-19)27-28(23)21-12-6-8-18(14-21)16-29/h2-15,29H,16H2,1H3,(H2,25,26,30). The van der Waals surface area contributed by atoms with Crippen LogP contribution in [0.1, 0.15) is 11.1 Å². The van der Waals surface area contributed by atoms with Gasteiger partial charge in [0.15, 0.2) is 0 Å². The third-order valence-corrected chi connectivity index (χ3v) is 4.63. The second-order valence-electron chi connectivity index (χ2n) is 6.97. The summed E-state index contributed by atoms with van der Waals surface area (Å²) in [6, 6.07) is 26.2. The Morgan fingerprint density at radius 2 is 1.73 bits per heavy atom. The molecule has 0 atom stereocenters. The molecule has 0 saturated carbocycles. The van der Waals surface area contributed by atoms with Gasteiger partial charge < -0.3 is 10.4 Å². The van der Waals surface area contributed by atoms with Gasteiger partial charge in [-0.1, -0.05) is 54.6 Å². The van der Waals surface area contributed by atoms with Crippen LogP contribution in [0.4, 0.5) is 16.3 Å². The van der Waals surface area contributed by atoms with Gasteiger partial charge in [0, 0.05) is 17.3 Å². The van der Waals surface area contributed by atoms with Crippen LogP contribution in [-0.2, 0) is 6.61 Å². The van der Waals surface area contributed by atoms with Crippen LogP contribution in [0.5, 0.6) is 0 Å². The number of aromatic nitrogens is 2. The van der Waals surface area contributed by atoms with Gasteiger partial charge in [0.1, 0.15) is 5.82 Å². The number of carbonyl (C=O) groups is 1. The van der Waals surface area contributed by atoms with Gasteiger partial charge in [-0.05, 0) is 42.3 Å². The maximum Gasteiger partial charge on any atom is 0.324 e. The second-order valence-corrected chi connectivity index (χ2v) is 6.97. The van der Waals surface area contributed by atoms with Gasteiger partial charge in [0.25, 0.3) is 0 Å². The predicted molar refractivity (Wildman–Crippen MR) is 119 cm³/mol. The van der Waals surface area contributed by atoms with E-state index < -0.39 is 0 Å². The molecule has 0 saturated heterocycles. The summed E-state index contributed by atoms with van der Waals surface area (Å²) >= 11 is 0. The molecule has 0 aliphatic carbocycles. The van der Waals surface area contributed by atoms with E-state index in [4.69, 9.17) is 5.10 Å². The first-order valence-electron chi connectivity index (χ1n) is 9.63.